The number of aromatic nitrogens is 2. The Kier molecular flexibility index (Phi) is 5.22. The second-order valence-corrected chi connectivity index (χ2v) is 5.34. The molecule has 5 nitrogen and oxygen atoms in total. The number of ether oxygens (including phenoxy) is 1. The van der Waals surface area contributed by atoms with E-state index in [1.807, 2.05) is 36.4 Å². The molecule has 1 heterocycles. The van der Waals surface area contributed by atoms with Gasteiger partial charge in [-0.05, 0) is 24.3 Å². The third-order valence-electron chi connectivity index (χ3n) is 3.60. The maximum Gasteiger partial charge on any atom is 0.308 e. The van der Waals surface area contributed by atoms with Gasteiger partial charge in [-0.3, -0.25) is 14.2 Å². The number of carbonyl (C=O) groups is 1. The third-order valence-corrected chi connectivity index (χ3v) is 3.60. The summed E-state index contributed by atoms with van der Waals surface area (Å²) in [4.78, 5) is 28.3. The Hall–Kier alpha value is -3.39. The average Bonchev–Trinajstić information content (AvgIpc) is 2.66. The van der Waals surface area contributed by atoms with Crippen molar-refractivity contribution < 1.29 is 9.53 Å². The number of para-hydroxylation sites is 1. The Labute approximate surface area is 144 Å². The van der Waals surface area contributed by atoms with E-state index >= 15 is 0 Å². The van der Waals surface area contributed by atoms with Crippen LogP contribution in [0.3, 0.4) is 0 Å². The van der Waals surface area contributed by atoms with Gasteiger partial charge in [0.15, 0.2) is 6.61 Å². The van der Waals surface area contributed by atoms with Gasteiger partial charge in [0.2, 0.25) is 0 Å². The van der Waals surface area contributed by atoms with Crippen molar-refractivity contribution in [2.24, 2.45) is 0 Å². The lowest BCUT2D eigenvalue weighted by molar-refractivity contribution is -0.142. The summed E-state index contributed by atoms with van der Waals surface area (Å²) in [5.41, 5.74) is 1.34. The van der Waals surface area contributed by atoms with Crippen LogP contribution in [-0.4, -0.2) is 22.1 Å². The van der Waals surface area contributed by atoms with E-state index < -0.39 is 5.97 Å². The van der Waals surface area contributed by atoms with Gasteiger partial charge in [0, 0.05) is 12.1 Å². The molecule has 1 aromatic heterocycles. The molecule has 3 rings (SSSR count). The van der Waals surface area contributed by atoms with E-state index in [9.17, 15) is 9.59 Å². The zero-order chi connectivity index (χ0) is 17.5. The molecule has 0 aliphatic heterocycles. The largest absolute Gasteiger partial charge is 0.452 e. The van der Waals surface area contributed by atoms with Crippen molar-refractivity contribution in [1.82, 2.24) is 9.55 Å². The Balaban J connectivity index is 1.54. The summed E-state index contributed by atoms with van der Waals surface area (Å²) in [6.07, 6.45) is 1.54. The zero-order valence-corrected chi connectivity index (χ0v) is 13.5. The molecule has 0 radical (unpaired) electrons. The predicted molar refractivity (Wildman–Crippen MR) is 94.9 cm³/mol. The van der Waals surface area contributed by atoms with E-state index in [1.54, 1.807) is 18.2 Å². The monoisotopic (exact) mass is 332 g/mol. The van der Waals surface area contributed by atoms with Crippen LogP contribution >= 0.6 is 0 Å². The molecule has 0 bridgehead atoms. The number of nitrogens with zero attached hydrogens (tertiary/aromatic N) is 2. The first-order valence-electron chi connectivity index (χ1n) is 7.88. The van der Waals surface area contributed by atoms with E-state index in [4.69, 9.17) is 4.74 Å². The van der Waals surface area contributed by atoms with Crippen molar-refractivity contribution >= 4 is 16.9 Å². The molecule has 5 heteroatoms. The van der Waals surface area contributed by atoms with Gasteiger partial charge in [-0.2, -0.15) is 0 Å². The molecule has 0 atom stereocenters. The summed E-state index contributed by atoms with van der Waals surface area (Å²) in [5, 5.41) is 0.534. The fourth-order valence-corrected chi connectivity index (χ4v) is 2.33. The van der Waals surface area contributed by atoms with E-state index in [1.165, 1.54) is 10.9 Å². The SMILES string of the molecule is O=C(CCn1cnc2ccccc2c1=O)OCC#Cc1ccccc1. The van der Waals surface area contributed by atoms with Crippen LogP contribution in [0.4, 0.5) is 0 Å². The summed E-state index contributed by atoms with van der Waals surface area (Å²) >= 11 is 0. The van der Waals surface area contributed by atoms with Crippen LogP contribution in [0, 0.1) is 11.8 Å². The predicted octanol–water partition coefficient (Wildman–Crippen LogP) is 2.38. The van der Waals surface area contributed by atoms with Gasteiger partial charge < -0.3 is 4.74 Å². The minimum atomic E-state index is -0.401. The van der Waals surface area contributed by atoms with Crippen molar-refractivity contribution in [1.29, 1.82) is 0 Å². The zero-order valence-electron chi connectivity index (χ0n) is 13.5. The minimum absolute atomic E-state index is 0.0264. The molecule has 0 aliphatic carbocycles. The molecule has 0 amide bonds. The fourth-order valence-electron chi connectivity index (χ4n) is 2.33. The van der Waals surface area contributed by atoms with E-state index in [-0.39, 0.29) is 25.1 Å². The van der Waals surface area contributed by atoms with E-state index in [0.717, 1.165) is 5.56 Å². The maximum atomic E-state index is 12.3. The number of hydrogen-bond donors (Lipinski definition) is 0. The molecule has 0 N–H and O–H groups in total. The van der Waals surface area contributed by atoms with Gasteiger partial charge in [0.25, 0.3) is 5.56 Å². The van der Waals surface area contributed by atoms with Gasteiger partial charge in [-0.25, -0.2) is 4.98 Å². The van der Waals surface area contributed by atoms with Crippen molar-refractivity contribution in [3.8, 4) is 11.8 Å². The Bertz CT molecular complexity index is 998. The molecule has 0 spiro atoms. The lowest BCUT2D eigenvalue weighted by Gasteiger charge is -2.06. The van der Waals surface area contributed by atoms with Gasteiger partial charge in [-0.15, -0.1) is 0 Å². The molecule has 0 unspecified atom stereocenters. The van der Waals surface area contributed by atoms with E-state index in [2.05, 4.69) is 16.8 Å². The fraction of sp³-hybridized carbons (Fsp3) is 0.150. The number of rotatable bonds is 4. The first kappa shape index (κ1) is 16.5. The van der Waals surface area contributed by atoms with Gasteiger partial charge in [0.05, 0.1) is 23.7 Å². The van der Waals surface area contributed by atoms with Crippen LogP contribution in [0.1, 0.15) is 12.0 Å². The van der Waals surface area contributed by atoms with E-state index in [0.29, 0.717) is 10.9 Å². The first-order chi connectivity index (χ1) is 12.2. The Morgan fingerprint density at radius 1 is 1.08 bits per heavy atom. The summed E-state index contributed by atoms with van der Waals surface area (Å²) < 4.78 is 6.48. The highest BCUT2D eigenvalue weighted by Crippen LogP contribution is 2.05. The highest BCUT2D eigenvalue weighted by atomic mass is 16.5. The minimum Gasteiger partial charge on any atom is -0.452 e. The normalized spacial score (nSPS) is 10.1. The number of aryl methyl sites for hydroxylation is 1. The molecular weight excluding hydrogens is 316 g/mol. The first-order valence-corrected chi connectivity index (χ1v) is 7.88. The van der Waals surface area contributed by atoms with Crippen LogP contribution < -0.4 is 5.56 Å². The summed E-state index contributed by atoms with van der Waals surface area (Å²) in [7, 11) is 0. The number of hydrogen-bond acceptors (Lipinski definition) is 4. The van der Waals surface area contributed by atoms with Crippen molar-refractivity contribution in [3.05, 3.63) is 76.8 Å². The van der Waals surface area contributed by atoms with Crippen molar-refractivity contribution in [2.75, 3.05) is 6.61 Å². The molecule has 0 fully saturated rings. The van der Waals surface area contributed by atoms with Crippen LogP contribution in [0.5, 0.6) is 0 Å². The van der Waals surface area contributed by atoms with Gasteiger partial charge in [0.1, 0.15) is 0 Å². The molecule has 0 saturated carbocycles. The highest BCUT2D eigenvalue weighted by molar-refractivity contribution is 5.77. The number of benzene rings is 2. The summed E-state index contributed by atoms with van der Waals surface area (Å²) in [5.74, 6) is 5.30. The van der Waals surface area contributed by atoms with Crippen molar-refractivity contribution in [3.63, 3.8) is 0 Å². The maximum absolute atomic E-state index is 12.3. The average molecular weight is 332 g/mol. The number of esters is 1. The third kappa shape index (κ3) is 4.33. The summed E-state index contributed by atoms with van der Waals surface area (Å²) in [6, 6.07) is 16.6. The molecule has 2 aromatic carbocycles. The Morgan fingerprint density at radius 3 is 2.68 bits per heavy atom. The Morgan fingerprint density at radius 2 is 1.84 bits per heavy atom. The highest BCUT2D eigenvalue weighted by Gasteiger charge is 2.06. The van der Waals surface area contributed by atoms with Crippen molar-refractivity contribution in [2.45, 2.75) is 13.0 Å². The van der Waals surface area contributed by atoms with Crippen LogP contribution in [0.15, 0.2) is 65.7 Å². The smallest absolute Gasteiger partial charge is 0.308 e. The lowest BCUT2D eigenvalue weighted by Crippen LogP contribution is -2.22. The quantitative estimate of drug-likeness (QED) is 0.544. The number of fused-ring (bicyclic) bond motifs is 1. The topological polar surface area (TPSA) is 61.2 Å². The molecule has 0 aliphatic rings. The standard InChI is InChI=1S/C20H16N2O3/c23-19(25-14-6-9-16-7-2-1-3-8-16)12-13-22-15-21-18-11-5-4-10-17(18)20(22)24/h1-5,7-8,10-11,15H,12-14H2. The summed E-state index contributed by atoms with van der Waals surface area (Å²) in [6.45, 7) is 0.250. The van der Waals surface area contributed by atoms with Crippen LogP contribution in [-0.2, 0) is 16.1 Å². The van der Waals surface area contributed by atoms with Gasteiger partial charge in [-0.1, -0.05) is 42.2 Å². The molecule has 3 aromatic rings. The van der Waals surface area contributed by atoms with Crippen LogP contribution in [0.25, 0.3) is 10.9 Å². The van der Waals surface area contributed by atoms with Crippen LogP contribution in [0.2, 0.25) is 0 Å². The second-order valence-electron chi connectivity index (χ2n) is 5.34. The molecule has 124 valence electrons. The molecule has 0 saturated heterocycles. The molecule has 25 heavy (non-hydrogen) atoms. The second kappa shape index (κ2) is 7.93. The van der Waals surface area contributed by atoms with Gasteiger partial charge >= 0.3 is 5.97 Å². The molecular formula is C20H16N2O3. The number of carbonyl (C=O) groups excluding carboxylic acids is 1. The lowest BCUT2D eigenvalue weighted by atomic mass is 10.2.